The molecule has 0 amide bonds. The number of nitrogens with one attached hydrogen (secondary N) is 1. The van der Waals surface area contributed by atoms with Crippen LogP contribution in [0.1, 0.15) is 11.3 Å². The van der Waals surface area contributed by atoms with Crippen molar-refractivity contribution < 1.29 is 13.2 Å². The Bertz CT molecular complexity index is 537. The summed E-state index contributed by atoms with van der Waals surface area (Å²) in [5, 5.41) is 2.91. The van der Waals surface area contributed by atoms with Crippen LogP contribution >= 0.6 is 0 Å². The van der Waals surface area contributed by atoms with Gasteiger partial charge in [0.1, 0.15) is 17.9 Å². The fraction of sp³-hybridized carbons (Fsp3) is 0.250. The molecule has 0 atom stereocenters. The van der Waals surface area contributed by atoms with Crippen LogP contribution in [0.5, 0.6) is 0 Å². The molecule has 17 heavy (non-hydrogen) atoms. The van der Waals surface area contributed by atoms with Gasteiger partial charge in [0.05, 0.1) is 11.3 Å². The second kappa shape index (κ2) is 4.63. The standard InChI is InChI=1S/C12H12F2N2O/c1-7-3-9(11(14)4-10(7)13)12-16-8(5-15-2)6-17-12/h3-4,6,15H,5H2,1-2H3. The van der Waals surface area contributed by atoms with E-state index < -0.39 is 11.6 Å². The number of halogens is 2. The van der Waals surface area contributed by atoms with Crippen molar-refractivity contribution in [1.29, 1.82) is 0 Å². The molecule has 1 aromatic heterocycles. The molecule has 0 aliphatic rings. The van der Waals surface area contributed by atoms with E-state index in [2.05, 4.69) is 10.3 Å². The van der Waals surface area contributed by atoms with Gasteiger partial charge < -0.3 is 9.73 Å². The van der Waals surface area contributed by atoms with Gasteiger partial charge in [-0.15, -0.1) is 0 Å². The third-order valence-corrected chi connectivity index (χ3v) is 2.39. The van der Waals surface area contributed by atoms with Crippen molar-refractivity contribution in [1.82, 2.24) is 10.3 Å². The Morgan fingerprint density at radius 1 is 1.29 bits per heavy atom. The molecular formula is C12H12F2N2O. The molecule has 0 bridgehead atoms. The summed E-state index contributed by atoms with van der Waals surface area (Å²) in [5.74, 6) is -1.09. The van der Waals surface area contributed by atoms with Gasteiger partial charge in [-0.05, 0) is 25.6 Å². The van der Waals surface area contributed by atoms with Crippen molar-refractivity contribution in [3.63, 3.8) is 0 Å². The van der Waals surface area contributed by atoms with Crippen LogP contribution < -0.4 is 5.32 Å². The van der Waals surface area contributed by atoms with Crippen molar-refractivity contribution in [2.45, 2.75) is 13.5 Å². The van der Waals surface area contributed by atoms with Gasteiger partial charge in [-0.2, -0.15) is 0 Å². The molecule has 0 radical (unpaired) electrons. The molecule has 0 saturated carbocycles. The molecule has 90 valence electrons. The number of rotatable bonds is 3. The Labute approximate surface area is 97.5 Å². The highest BCUT2D eigenvalue weighted by Gasteiger charge is 2.14. The van der Waals surface area contributed by atoms with Crippen LogP contribution in [-0.2, 0) is 6.54 Å². The summed E-state index contributed by atoms with van der Waals surface area (Å²) in [6.45, 7) is 2.10. The van der Waals surface area contributed by atoms with Crippen LogP contribution in [0, 0.1) is 18.6 Å². The summed E-state index contributed by atoms with van der Waals surface area (Å²) in [4.78, 5) is 4.11. The number of hydrogen-bond donors (Lipinski definition) is 1. The highest BCUT2D eigenvalue weighted by molar-refractivity contribution is 5.55. The largest absolute Gasteiger partial charge is 0.444 e. The molecule has 1 aromatic carbocycles. The summed E-state index contributed by atoms with van der Waals surface area (Å²) in [5.41, 5.74) is 1.20. The first-order valence-electron chi connectivity index (χ1n) is 5.17. The quantitative estimate of drug-likeness (QED) is 0.893. The molecule has 0 aliphatic heterocycles. The normalized spacial score (nSPS) is 10.8. The molecule has 1 heterocycles. The average molecular weight is 238 g/mol. The zero-order valence-electron chi connectivity index (χ0n) is 9.55. The minimum Gasteiger partial charge on any atom is -0.444 e. The van der Waals surface area contributed by atoms with Gasteiger partial charge in [0.2, 0.25) is 5.89 Å². The van der Waals surface area contributed by atoms with Gasteiger partial charge in [-0.25, -0.2) is 13.8 Å². The number of benzene rings is 1. The van der Waals surface area contributed by atoms with Gasteiger partial charge >= 0.3 is 0 Å². The highest BCUT2D eigenvalue weighted by atomic mass is 19.1. The van der Waals surface area contributed by atoms with Crippen LogP contribution in [0.25, 0.3) is 11.5 Å². The van der Waals surface area contributed by atoms with Crippen molar-refractivity contribution in [2.24, 2.45) is 0 Å². The van der Waals surface area contributed by atoms with Crippen molar-refractivity contribution in [2.75, 3.05) is 7.05 Å². The summed E-state index contributed by atoms with van der Waals surface area (Å²) >= 11 is 0. The van der Waals surface area contributed by atoms with Crippen molar-refractivity contribution in [3.8, 4) is 11.5 Å². The van der Waals surface area contributed by atoms with Gasteiger partial charge in [0.15, 0.2) is 0 Å². The maximum Gasteiger partial charge on any atom is 0.229 e. The summed E-state index contributed by atoms with van der Waals surface area (Å²) < 4.78 is 31.8. The number of aromatic nitrogens is 1. The fourth-order valence-corrected chi connectivity index (χ4v) is 1.51. The third kappa shape index (κ3) is 2.34. The second-order valence-electron chi connectivity index (χ2n) is 3.76. The van der Waals surface area contributed by atoms with E-state index in [4.69, 9.17) is 4.42 Å². The van der Waals surface area contributed by atoms with E-state index in [1.807, 2.05) is 0 Å². The Kier molecular flexibility index (Phi) is 3.19. The molecule has 0 saturated heterocycles. The zero-order valence-corrected chi connectivity index (χ0v) is 9.55. The van der Waals surface area contributed by atoms with E-state index in [-0.39, 0.29) is 11.5 Å². The van der Waals surface area contributed by atoms with Gasteiger partial charge in [0, 0.05) is 12.6 Å². The van der Waals surface area contributed by atoms with Gasteiger partial charge in [-0.3, -0.25) is 0 Å². The van der Waals surface area contributed by atoms with E-state index in [0.717, 1.165) is 6.07 Å². The first-order chi connectivity index (χ1) is 8.11. The lowest BCUT2D eigenvalue weighted by Crippen LogP contribution is -2.05. The lowest BCUT2D eigenvalue weighted by Gasteiger charge is -2.01. The van der Waals surface area contributed by atoms with E-state index >= 15 is 0 Å². The Hall–Kier alpha value is -1.75. The van der Waals surface area contributed by atoms with Crippen LogP contribution in [0.4, 0.5) is 8.78 Å². The second-order valence-corrected chi connectivity index (χ2v) is 3.76. The molecular weight excluding hydrogens is 226 g/mol. The minimum absolute atomic E-state index is 0.163. The Morgan fingerprint density at radius 2 is 2.06 bits per heavy atom. The topological polar surface area (TPSA) is 38.1 Å². The maximum atomic E-state index is 13.6. The predicted octanol–water partition coefficient (Wildman–Crippen LogP) is 2.65. The average Bonchev–Trinajstić information content (AvgIpc) is 2.72. The van der Waals surface area contributed by atoms with Crippen molar-refractivity contribution in [3.05, 3.63) is 41.3 Å². The van der Waals surface area contributed by atoms with E-state index in [1.165, 1.54) is 12.3 Å². The van der Waals surface area contributed by atoms with Gasteiger partial charge in [0.25, 0.3) is 0 Å². The SMILES string of the molecule is CNCc1coc(-c2cc(C)c(F)cc2F)n1. The number of nitrogens with zero attached hydrogens (tertiary/aromatic N) is 1. The van der Waals surface area contributed by atoms with Crippen LogP contribution in [0.3, 0.4) is 0 Å². The smallest absolute Gasteiger partial charge is 0.229 e. The van der Waals surface area contributed by atoms with E-state index in [1.54, 1.807) is 14.0 Å². The predicted molar refractivity (Wildman–Crippen MR) is 59.4 cm³/mol. The first-order valence-corrected chi connectivity index (χ1v) is 5.17. The molecule has 0 unspecified atom stereocenters. The van der Waals surface area contributed by atoms with Crippen LogP contribution in [0.2, 0.25) is 0 Å². The van der Waals surface area contributed by atoms with E-state index in [0.29, 0.717) is 17.8 Å². The van der Waals surface area contributed by atoms with Crippen LogP contribution in [-0.4, -0.2) is 12.0 Å². The van der Waals surface area contributed by atoms with Gasteiger partial charge in [-0.1, -0.05) is 0 Å². The summed E-state index contributed by atoms with van der Waals surface area (Å²) in [7, 11) is 1.77. The number of aryl methyl sites for hydroxylation is 1. The van der Waals surface area contributed by atoms with Crippen LogP contribution in [0.15, 0.2) is 22.8 Å². The molecule has 2 rings (SSSR count). The summed E-state index contributed by atoms with van der Waals surface area (Å²) in [6, 6.07) is 2.23. The molecule has 5 heteroatoms. The minimum atomic E-state index is -0.675. The Morgan fingerprint density at radius 3 is 2.76 bits per heavy atom. The monoisotopic (exact) mass is 238 g/mol. The molecule has 3 nitrogen and oxygen atoms in total. The van der Waals surface area contributed by atoms with Crippen molar-refractivity contribution >= 4 is 0 Å². The number of hydrogen-bond acceptors (Lipinski definition) is 3. The summed E-state index contributed by atoms with van der Waals surface area (Å²) in [6.07, 6.45) is 1.45. The fourth-order valence-electron chi connectivity index (χ4n) is 1.51. The molecule has 0 fully saturated rings. The molecule has 1 N–H and O–H groups in total. The lowest BCUT2D eigenvalue weighted by atomic mass is 10.1. The molecule has 2 aromatic rings. The maximum absolute atomic E-state index is 13.6. The Balaban J connectivity index is 2.41. The lowest BCUT2D eigenvalue weighted by molar-refractivity contribution is 0.551. The van der Waals surface area contributed by atoms with E-state index in [9.17, 15) is 8.78 Å². The third-order valence-electron chi connectivity index (χ3n) is 2.39. The zero-order chi connectivity index (χ0) is 12.4. The highest BCUT2D eigenvalue weighted by Crippen LogP contribution is 2.24. The molecule has 0 aliphatic carbocycles. The number of oxazole rings is 1. The molecule has 0 spiro atoms. The first kappa shape index (κ1) is 11.7.